The number of sulfonamides is 1. The number of aldehydes is 1. The van der Waals surface area contributed by atoms with Crippen molar-refractivity contribution in [2.75, 3.05) is 11.0 Å². The second-order valence-electron chi connectivity index (χ2n) is 2.81. The number of nitrogens with one attached hydrogen (secondary N) is 1. The lowest BCUT2D eigenvalue weighted by Crippen LogP contribution is -2.12. The fourth-order valence-corrected chi connectivity index (χ4v) is 1.51. The van der Waals surface area contributed by atoms with Crippen molar-refractivity contribution < 1.29 is 22.0 Å². The van der Waals surface area contributed by atoms with Crippen molar-refractivity contribution in [3.8, 4) is 0 Å². The van der Waals surface area contributed by atoms with Gasteiger partial charge in [-0.25, -0.2) is 17.2 Å². The summed E-state index contributed by atoms with van der Waals surface area (Å²) in [7, 11) is -3.67. The van der Waals surface area contributed by atoms with Crippen LogP contribution in [-0.4, -0.2) is 21.0 Å². The molecule has 15 heavy (non-hydrogen) atoms. The first-order chi connectivity index (χ1) is 6.85. The number of rotatable bonds is 3. The Kier molecular flexibility index (Phi) is 3.04. The van der Waals surface area contributed by atoms with Gasteiger partial charge in [-0.3, -0.25) is 9.52 Å². The molecule has 0 fully saturated rings. The molecule has 1 aromatic carbocycles. The maximum absolute atomic E-state index is 13.3. The first-order valence-corrected chi connectivity index (χ1v) is 5.65. The summed E-state index contributed by atoms with van der Waals surface area (Å²) in [6, 6.07) is 1.71. The summed E-state index contributed by atoms with van der Waals surface area (Å²) in [6.45, 7) is 0. The van der Waals surface area contributed by atoms with E-state index in [4.69, 9.17) is 0 Å². The van der Waals surface area contributed by atoms with Gasteiger partial charge in [0.15, 0.2) is 12.1 Å². The van der Waals surface area contributed by atoms with Crippen LogP contribution in [0.5, 0.6) is 0 Å². The molecule has 0 aliphatic heterocycles. The Morgan fingerprint density at radius 3 is 2.40 bits per heavy atom. The van der Waals surface area contributed by atoms with Crippen molar-refractivity contribution in [2.24, 2.45) is 0 Å². The van der Waals surface area contributed by atoms with Crippen LogP contribution >= 0.6 is 0 Å². The van der Waals surface area contributed by atoms with Crippen LogP contribution < -0.4 is 4.72 Å². The Labute approximate surface area is 85.0 Å². The van der Waals surface area contributed by atoms with Crippen LogP contribution in [0.3, 0.4) is 0 Å². The summed E-state index contributed by atoms with van der Waals surface area (Å²) < 4.78 is 49.5. The quantitative estimate of drug-likeness (QED) is 0.799. The molecule has 0 saturated heterocycles. The highest BCUT2D eigenvalue weighted by atomic mass is 32.2. The van der Waals surface area contributed by atoms with Crippen LogP contribution in [0, 0.1) is 11.6 Å². The Morgan fingerprint density at radius 1 is 1.33 bits per heavy atom. The Bertz CT molecular complexity index is 499. The number of benzene rings is 1. The molecule has 4 nitrogen and oxygen atoms in total. The van der Waals surface area contributed by atoms with E-state index in [0.717, 1.165) is 18.4 Å². The highest BCUT2D eigenvalue weighted by Crippen LogP contribution is 2.20. The fourth-order valence-electron chi connectivity index (χ4n) is 0.956. The molecule has 82 valence electrons. The standard InChI is InChI=1S/C8H7F2NO3S/c1-15(13,14)11-7-3-2-6(9)5(4-12)8(7)10/h2-4,11H,1H3. The van der Waals surface area contributed by atoms with E-state index in [-0.39, 0.29) is 6.29 Å². The second kappa shape index (κ2) is 3.93. The van der Waals surface area contributed by atoms with Gasteiger partial charge in [0.2, 0.25) is 10.0 Å². The fraction of sp³-hybridized carbons (Fsp3) is 0.125. The third-order valence-corrected chi connectivity index (χ3v) is 2.13. The van der Waals surface area contributed by atoms with Gasteiger partial charge >= 0.3 is 0 Å². The van der Waals surface area contributed by atoms with E-state index in [1.54, 1.807) is 0 Å². The predicted molar refractivity (Wildman–Crippen MR) is 50.2 cm³/mol. The third-order valence-electron chi connectivity index (χ3n) is 1.54. The zero-order chi connectivity index (χ0) is 11.6. The Hall–Kier alpha value is -1.50. The average Bonchev–Trinajstić information content (AvgIpc) is 2.09. The number of halogens is 2. The molecule has 0 amide bonds. The summed E-state index contributed by atoms with van der Waals surface area (Å²) in [4.78, 5) is 10.3. The maximum Gasteiger partial charge on any atom is 0.229 e. The minimum atomic E-state index is -3.67. The molecule has 0 spiro atoms. The molecule has 1 aromatic rings. The van der Waals surface area contributed by atoms with Crippen molar-refractivity contribution in [1.29, 1.82) is 0 Å². The van der Waals surface area contributed by atoms with Gasteiger partial charge in [-0.2, -0.15) is 0 Å². The molecule has 0 aromatic heterocycles. The topological polar surface area (TPSA) is 63.2 Å². The monoisotopic (exact) mass is 235 g/mol. The second-order valence-corrected chi connectivity index (χ2v) is 4.56. The molecule has 0 heterocycles. The number of carbonyl (C=O) groups is 1. The maximum atomic E-state index is 13.3. The molecule has 1 N–H and O–H groups in total. The van der Waals surface area contributed by atoms with Crippen molar-refractivity contribution in [1.82, 2.24) is 0 Å². The summed E-state index contributed by atoms with van der Waals surface area (Å²) in [5, 5.41) is 0. The molecule has 0 atom stereocenters. The lowest BCUT2D eigenvalue weighted by molar-refractivity contribution is 0.111. The summed E-state index contributed by atoms with van der Waals surface area (Å²) in [5.41, 5.74) is -1.26. The minimum Gasteiger partial charge on any atom is -0.298 e. The van der Waals surface area contributed by atoms with E-state index in [2.05, 4.69) is 0 Å². The van der Waals surface area contributed by atoms with E-state index in [0.29, 0.717) is 0 Å². The molecule has 0 bridgehead atoms. The van der Waals surface area contributed by atoms with Gasteiger partial charge in [0.25, 0.3) is 0 Å². The van der Waals surface area contributed by atoms with Crippen LogP contribution in [0.2, 0.25) is 0 Å². The van der Waals surface area contributed by atoms with Gasteiger partial charge in [0.1, 0.15) is 5.82 Å². The highest BCUT2D eigenvalue weighted by Gasteiger charge is 2.14. The average molecular weight is 235 g/mol. The van der Waals surface area contributed by atoms with Gasteiger partial charge in [-0.1, -0.05) is 0 Å². The Balaban J connectivity index is 3.28. The molecular formula is C8H7F2NO3S. The summed E-state index contributed by atoms with van der Waals surface area (Å²) >= 11 is 0. The Morgan fingerprint density at radius 2 is 1.93 bits per heavy atom. The van der Waals surface area contributed by atoms with E-state index in [1.807, 2.05) is 4.72 Å². The molecular weight excluding hydrogens is 228 g/mol. The van der Waals surface area contributed by atoms with Gasteiger partial charge in [0.05, 0.1) is 17.5 Å². The van der Waals surface area contributed by atoms with Crippen molar-refractivity contribution in [3.05, 3.63) is 29.3 Å². The van der Waals surface area contributed by atoms with Crippen LogP contribution in [0.4, 0.5) is 14.5 Å². The lowest BCUT2D eigenvalue weighted by atomic mass is 10.2. The minimum absolute atomic E-state index is 0.0157. The van der Waals surface area contributed by atoms with Crippen LogP contribution in [-0.2, 0) is 10.0 Å². The number of anilines is 1. The van der Waals surface area contributed by atoms with Gasteiger partial charge in [-0.15, -0.1) is 0 Å². The van der Waals surface area contributed by atoms with Gasteiger partial charge < -0.3 is 0 Å². The first-order valence-electron chi connectivity index (χ1n) is 3.76. The van der Waals surface area contributed by atoms with Gasteiger partial charge in [0, 0.05) is 0 Å². The van der Waals surface area contributed by atoms with Crippen LogP contribution in [0.15, 0.2) is 12.1 Å². The van der Waals surface area contributed by atoms with Crippen molar-refractivity contribution >= 4 is 22.0 Å². The van der Waals surface area contributed by atoms with Crippen LogP contribution in [0.1, 0.15) is 10.4 Å². The summed E-state index contributed by atoms with van der Waals surface area (Å²) in [6.07, 6.45) is 0.800. The number of carbonyl (C=O) groups excluding carboxylic acids is 1. The molecule has 0 unspecified atom stereocenters. The molecule has 0 saturated carbocycles. The molecule has 0 radical (unpaired) electrons. The molecule has 0 aliphatic rings. The zero-order valence-corrected chi connectivity index (χ0v) is 8.44. The number of hydrogen-bond donors (Lipinski definition) is 1. The van der Waals surface area contributed by atoms with Crippen LogP contribution in [0.25, 0.3) is 0 Å². The summed E-state index contributed by atoms with van der Waals surface area (Å²) in [5.74, 6) is -2.27. The van der Waals surface area contributed by atoms with Crippen molar-refractivity contribution in [2.45, 2.75) is 0 Å². The predicted octanol–water partition coefficient (Wildman–Crippen LogP) is 1.15. The molecule has 0 aliphatic carbocycles. The van der Waals surface area contributed by atoms with Crippen molar-refractivity contribution in [3.63, 3.8) is 0 Å². The molecule has 1 rings (SSSR count). The SMILES string of the molecule is CS(=O)(=O)Nc1ccc(F)c(C=O)c1F. The smallest absolute Gasteiger partial charge is 0.229 e. The van der Waals surface area contributed by atoms with E-state index < -0.39 is 32.9 Å². The lowest BCUT2D eigenvalue weighted by Gasteiger charge is -2.06. The normalized spacial score (nSPS) is 11.1. The van der Waals surface area contributed by atoms with E-state index in [9.17, 15) is 22.0 Å². The molecule has 7 heteroatoms. The first kappa shape index (κ1) is 11.6. The van der Waals surface area contributed by atoms with E-state index >= 15 is 0 Å². The largest absolute Gasteiger partial charge is 0.298 e. The number of hydrogen-bond acceptors (Lipinski definition) is 3. The van der Waals surface area contributed by atoms with E-state index in [1.165, 1.54) is 0 Å². The highest BCUT2D eigenvalue weighted by molar-refractivity contribution is 7.92. The van der Waals surface area contributed by atoms with Gasteiger partial charge in [-0.05, 0) is 12.1 Å². The zero-order valence-electron chi connectivity index (χ0n) is 7.62. The third kappa shape index (κ3) is 2.72.